The lowest BCUT2D eigenvalue weighted by Gasteiger charge is -2.30. The van der Waals surface area contributed by atoms with Crippen molar-refractivity contribution in [2.75, 3.05) is 5.75 Å². The summed E-state index contributed by atoms with van der Waals surface area (Å²) in [6.07, 6.45) is 2.36. The Balaban J connectivity index is 2.73. The molecule has 4 heteroatoms. The van der Waals surface area contributed by atoms with Gasteiger partial charge >= 0.3 is 0 Å². The minimum absolute atomic E-state index is 0.164. The smallest absolute Gasteiger partial charge is 0.0935 e. The van der Waals surface area contributed by atoms with E-state index in [4.69, 9.17) is 0 Å². The molecule has 0 saturated carbocycles. The van der Waals surface area contributed by atoms with E-state index in [-0.39, 0.29) is 10.2 Å². The highest BCUT2D eigenvalue weighted by Gasteiger charge is 2.42. The minimum atomic E-state index is -0.757. The van der Waals surface area contributed by atoms with Gasteiger partial charge in [-0.05, 0) is 26.2 Å². The predicted molar refractivity (Wildman–Crippen MR) is 64.0 cm³/mol. The third-order valence-electron chi connectivity index (χ3n) is 2.36. The van der Waals surface area contributed by atoms with Crippen LogP contribution in [0, 0.1) is 0 Å². The summed E-state index contributed by atoms with van der Waals surface area (Å²) in [5.41, 5.74) is 0. The van der Waals surface area contributed by atoms with E-state index in [0.29, 0.717) is 11.7 Å². The maximum absolute atomic E-state index is 11.9. The van der Waals surface area contributed by atoms with Crippen LogP contribution in [0.5, 0.6) is 0 Å². The fraction of sp³-hybridized carbons (Fsp3) is 1.00. The van der Waals surface area contributed by atoms with Crippen molar-refractivity contribution in [1.82, 2.24) is 0 Å². The molecule has 0 amide bonds. The maximum atomic E-state index is 11.9. The van der Waals surface area contributed by atoms with Crippen LogP contribution in [0.25, 0.3) is 0 Å². The molecule has 1 heterocycles. The highest BCUT2D eigenvalue weighted by Crippen LogP contribution is 2.45. The van der Waals surface area contributed by atoms with E-state index in [9.17, 15) is 9.32 Å². The standard InChI is InChI=1S/C10H20O2S2/c1-8(2)13-10(7-9(3)11)5-4-6-14(10)12/h8-9,11H,4-7H2,1-3H3/t9-,10+,14?/m0/s1. The number of thioether (sulfide) groups is 1. The first kappa shape index (κ1) is 12.5. The molecule has 0 aromatic carbocycles. The van der Waals surface area contributed by atoms with Gasteiger partial charge in [0.05, 0.1) is 10.2 Å². The van der Waals surface area contributed by atoms with Crippen LogP contribution in [-0.2, 0) is 10.8 Å². The van der Waals surface area contributed by atoms with E-state index in [1.165, 1.54) is 0 Å². The van der Waals surface area contributed by atoms with Crippen molar-refractivity contribution in [3.8, 4) is 0 Å². The lowest BCUT2D eigenvalue weighted by atomic mass is 10.1. The highest BCUT2D eigenvalue weighted by atomic mass is 32.2. The van der Waals surface area contributed by atoms with Gasteiger partial charge in [-0.15, -0.1) is 11.8 Å². The average molecular weight is 236 g/mol. The molecule has 0 spiro atoms. The zero-order chi connectivity index (χ0) is 10.8. The molecule has 0 bridgehead atoms. The highest BCUT2D eigenvalue weighted by molar-refractivity contribution is 8.13. The fourth-order valence-electron chi connectivity index (χ4n) is 2.01. The lowest BCUT2D eigenvalue weighted by Crippen LogP contribution is -2.32. The number of aliphatic hydroxyl groups is 1. The summed E-state index contributed by atoms with van der Waals surface area (Å²) in [5.74, 6) is 0.812. The molecule has 1 saturated heterocycles. The number of hydrogen-bond donors (Lipinski definition) is 1. The van der Waals surface area contributed by atoms with Crippen molar-refractivity contribution in [2.45, 2.75) is 55.5 Å². The summed E-state index contributed by atoms with van der Waals surface area (Å²) >= 11 is 1.79. The molecule has 0 aliphatic carbocycles. The van der Waals surface area contributed by atoms with Crippen molar-refractivity contribution in [3.05, 3.63) is 0 Å². The molecule has 0 radical (unpaired) electrons. The first-order valence-electron chi connectivity index (χ1n) is 5.20. The Hall–Kier alpha value is 0.460. The predicted octanol–water partition coefficient (Wildman–Crippen LogP) is 2.14. The van der Waals surface area contributed by atoms with Crippen LogP contribution in [0.1, 0.15) is 40.0 Å². The van der Waals surface area contributed by atoms with Crippen LogP contribution in [0.15, 0.2) is 0 Å². The molecular formula is C10H20O2S2. The zero-order valence-electron chi connectivity index (χ0n) is 9.16. The van der Waals surface area contributed by atoms with E-state index in [2.05, 4.69) is 13.8 Å². The van der Waals surface area contributed by atoms with Gasteiger partial charge in [-0.1, -0.05) is 13.8 Å². The van der Waals surface area contributed by atoms with Crippen LogP contribution in [0.3, 0.4) is 0 Å². The summed E-state index contributed by atoms with van der Waals surface area (Å²) in [5, 5.41) is 9.94. The second-order valence-electron chi connectivity index (χ2n) is 4.28. The molecule has 0 aromatic heterocycles. The first-order chi connectivity index (χ1) is 6.46. The molecule has 14 heavy (non-hydrogen) atoms. The molecule has 1 aliphatic heterocycles. The molecule has 3 atom stereocenters. The van der Waals surface area contributed by atoms with E-state index >= 15 is 0 Å². The van der Waals surface area contributed by atoms with Crippen molar-refractivity contribution < 1.29 is 9.32 Å². The van der Waals surface area contributed by atoms with Gasteiger partial charge < -0.3 is 5.11 Å². The topological polar surface area (TPSA) is 37.3 Å². The number of rotatable bonds is 4. The lowest BCUT2D eigenvalue weighted by molar-refractivity contribution is 0.179. The third kappa shape index (κ3) is 2.97. The molecular weight excluding hydrogens is 216 g/mol. The van der Waals surface area contributed by atoms with Gasteiger partial charge in [0, 0.05) is 21.8 Å². The maximum Gasteiger partial charge on any atom is 0.0935 e. The molecule has 1 fully saturated rings. The van der Waals surface area contributed by atoms with Gasteiger partial charge in [0.2, 0.25) is 0 Å². The Morgan fingerprint density at radius 1 is 1.50 bits per heavy atom. The SMILES string of the molecule is CC(C)S[C@]1(C[C@H](C)O)CCCS1=O. The summed E-state index contributed by atoms with van der Waals surface area (Å²) in [7, 11) is -0.757. The molecule has 1 rings (SSSR count). The molecule has 1 N–H and O–H groups in total. The second kappa shape index (κ2) is 4.99. The van der Waals surface area contributed by atoms with E-state index in [1.54, 1.807) is 18.7 Å². The van der Waals surface area contributed by atoms with Crippen LogP contribution >= 0.6 is 11.8 Å². The summed E-state index contributed by atoms with van der Waals surface area (Å²) in [4.78, 5) is 0. The van der Waals surface area contributed by atoms with Crippen LogP contribution in [0.2, 0.25) is 0 Å². The van der Waals surface area contributed by atoms with Crippen molar-refractivity contribution >= 4 is 22.6 Å². The fourth-order valence-corrected chi connectivity index (χ4v) is 6.30. The quantitative estimate of drug-likeness (QED) is 0.812. The largest absolute Gasteiger partial charge is 0.393 e. The zero-order valence-corrected chi connectivity index (χ0v) is 10.8. The van der Waals surface area contributed by atoms with Crippen LogP contribution < -0.4 is 0 Å². The Morgan fingerprint density at radius 3 is 2.50 bits per heavy atom. The van der Waals surface area contributed by atoms with Crippen molar-refractivity contribution in [1.29, 1.82) is 0 Å². The second-order valence-corrected chi connectivity index (χ2v) is 8.38. The first-order valence-corrected chi connectivity index (χ1v) is 7.40. The summed E-state index contributed by atoms with van der Waals surface area (Å²) < 4.78 is 11.8. The molecule has 1 aliphatic rings. The molecule has 0 aromatic rings. The van der Waals surface area contributed by atoms with Gasteiger partial charge in [-0.25, -0.2) is 0 Å². The van der Waals surface area contributed by atoms with Gasteiger partial charge in [0.25, 0.3) is 0 Å². The van der Waals surface area contributed by atoms with E-state index in [0.717, 1.165) is 18.6 Å². The van der Waals surface area contributed by atoms with Crippen LogP contribution in [-0.4, -0.2) is 30.5 Å². The Kier molecular flexibility index (Phi) is 4.47. The Labute approximate surface area is 93.3 Å². The molecule has 2 nitrogen and oxygen atoms in total. The summed E-state index contributed by atoms with van der Waals surface area (Å²) in [6, 6.07) is 0. The van der Waals surface area contributed by atoms with Gasteiger partial charge in [-0.2, -0.15) is 0 Å². The van der Waals surface area contributed by atoms with Crippen LogP contribution in [0.4, 0.5) is 0 Å². The number of aliphatic hydroxyl groups excluding tert-OH is 1. The molecule has 84 valence electrons. The van der Waals surface area contributed by atoms with E-state index < -0.39 is 10.8 Å². The van der Waals surface area contributed by atoms with Crippen molar-refractivity contribution in [2.24, 2.45) is 0 Å². The third-order valence-corrected chi connectivity index (χ3v) is 6.34. The average Bonchev–Trinajstić information content (AvgIpc) is 2.29. The van der Waals surface area contributed by atoms with Gasteiger partial charge in [0.15, 0.2) is 0 Å². The summed E-state index contributed by atoms with van der Waals surface area (Å²) in [6.45, 7) is 6.05. The van der Waals surface area contributed by atoms with E-state index in [1.807, 2.05) is 0 Å². The monoisotopic (exact) mass is 236 g/mol. The van der Waals surface area contributed by atoms with Gasteiger partial charge in [0.1, 0.15) is 0 Å². The number of hydrogen-bond acceptors (Lipinski definition) is 3. The normalized spacial score (nSPS) is 35.1. The van der Waals surface area contributed by atoms with Crippen molar-refractivity contribution in [3.63, 3.8) is 0 Å². The molecule has 1 unspecified atom stereocenters. The minimum Gasteiger partial charge on any atom is -0.393 e. The Morgan fingerprint density at radius 2 is 2.14 bits per heavy atom. The van der Waals surface area contributed by atoms with Gasteiger partial charge in [-0.3, -0.25) is 4.21 Å². The Bertz CT molecular complexity index is 204.